The van der Waals surface area contributed by atoms with E-state index < -0.39 is 0 Å². The third kappa shape index (κ3) is 3.83. The van der Waals surface area contributed by atoms with E-state index in [0.29, 0.717) is 5.92 Å². The van der Waals surface area contributed by atoms with E-state index in [0.717, 1.165) is 11.5 Å². The Kier molecular flexibility index (Phi) is 4.98. The van der Waals surface area contributed by atoms with Crippen molar-refractivity contribution in [1.29, 1.82) is 5.26 Å². The Balaban J connectivity index is 1.87. The molecule has 1 aliphatic carbocycles. The average Bonchev–Trinajstić information content (AvgIpc) is 2.48. The van der Waals surface area contributed by atoms with Crippen LogP contribution in [-0.2, 0) is 0 Å². The van der Waals surface area contributed by atoms with Gasteiger partial charge in [-0.2, -0.15) is 5.26 Å². The third-order valence-corrected chi connectivity index (χ3v) is 4.10. The zero-order valence-corrected chi connectivity index (χ0v) is 11.4. The molecular formula is C18H21N. The highest BCUT2D eigenvalue weighted by Gasteiger charge is 2.21. The van der Waals surface area contributed by atoms with E-state index in [9.17, 15) is 0 Å². The molecule has 1 nitrogen and oxygen atoms in total. The highest BCUT2D eigenvalue weighted by atomic mass is 14.3. The first-order chi connectivity index (χ1) is 9.33. The van der Waals surface area contributed by atoms with Gasteiger partial charge in [-0.3, -0.25) is 0 Å². The monoisotopic (exact) mass is 251 g/mol. The molecule has 0 spiro atoms. The van der Waals surface area contributed by atoms with E-state index in [1.54, 1.807) is 0 Å². The molecule has 0 saturated heterocycles. The molecule has 0 N–H and O–H groups in total. The summed E-state index contributed by atoms with van der Waals surface area (Å²) in [7, 11) is 0. The van der Waals surface area contributed by atoms with Crippen molar-refractivity contribution in [1.82, 2.24) is 0 Å². The van der Waals surface area contributed by atoms with Crippen LogP contribution >= 0.6 is 0 Å². The van der Waals surface area contributed by atoms with Gasteiger partial charge in [-0.15, -0.1) is 0 Å². The second-order valence-electron chi connectivity index (χ2n) is 5.35. The highest BCUT2D eigenvalue weighted by molar-refractivity contribution is 5.33. The van der Waals surface area contributed by atoms with Crippen LogP contribution in [0.4, 0.5) is 0 Å². The van der Waals surface area contributed by atoms with Crippen molar-refractivity contribution >= 4 is 0 Å². The normalized spacial score (nSPS) is 23.1. The summed E-state index contributed by atoms with van der Waals surface area (Å²) in [5.41, 5.74) is 2.16. The summed E-state index contributed by atoms with van der Waals surface area (Å²) in [6.45, 7) is 3.70. The van der Waals surface area contributed by atoms with Crippen LogP contribution in [0.2, 0.25) is 0 Å². The van der Waals surface area contributed by atoms with Gasteiger partial charge in [0.1, 0.15) is 0 Å². The predicted molar refractivity (Wildman–Crippen MR) is 79.8 cm³/mol. The van der Waals surface area contributed by atoms with E-state index in [1.165, 1.54) is 37.7 Å². The molecule has 0 bridgehead atoms. The Morgan fingerprint density at radius 2 is 1.84 bits per heavy atom. The lowest BCUT2D eigenvalue weighted by atomic mass is 9.77. The lowest BCUT2D eigenvalue weighted by Gasteiger charge is -2.28. The second kappa shape index (κ2) is 6.95. The summed E-state index contributed by atoms with van der Waals surface area (Å²) in [4.78, 5) is 0. The summed E-state index contributed by atoms with van der Waals surface area (Å²) in [6.07, 6.45) is 12.5. The molecule has 0 unspecified atom stereocenters. The average molecular weight is 251 g/mol. The Bertz CT molecular complexity index is 467. The van der Waals surface area contributed by atoms with E-state index in [1.807, 2.05) is 24.3 Å². The molecule has 2 rings (SSSR count). The smallest absolute Gasteiger partial charge is 0.0991 e. The van der Waals surface area contributed by atoms with Crippen LogP contribution < -0.4 is 0 Å². The van der Waals surface area contributed by atoms with Crippen LogP contribution in [0.3, 0.4) is 0 Å². The van der Waals surface area contributed by atoms with Gasteiger partial charge < -0.3 is 0 Å². The van der Waals surface area contributed by atoms with Gasteiger partial charge in [-0.1, -0.05) is 36.9 Å². The summed E-state index contributed by atoms with van der Waals surface area (Å²) in [6, 6.07) is 10.3. The molecule has 0 aromatic heterocycles. The van der Waals surface area contributed by atoms with Crippen LogP contribution in [0, 0.1) is 17.2 Å². The van der Waals surface area contributed by atoms with E-state index >= 15 is 0 Å². The molecule has 0 atom stereocenters. The topological polar surface area (TPSA) is 23.8 Å². The minimum atomic E-state index is 0.687. The van der Waals surface area contributed by atoms with Crippen molar-refractivity contribution in [3.8, 4) is 6.07 Å². The second-order valence-corrected chi connectivity index (χ2v) is 5.35. The zero-order chi connectivity index (χ0) is 13.5. The van der Waals surface area contributed by atoms with Gasteiger partial charge in [-0.05, 0) is 61.6 Å². The predicted octanol–water partition coefficient (Wildman–Crippen LogP) is 4.96. The van der Waals surface area contributed by atoms with E-state index in [4.69, 9.17) is 5.26 Å². The van der Waals surface area contributed by atoms with Crippen molar-refractivity contribution in [3.63, 3.8) is 0 Å². The number of benzene rings is 1. The molecular weight excluding hydrogens is 230 g/mol. The van der Waals surface area contributed by atoms with Crippen LogP contribution in [0.5, 0.6) is 0 Å². The van der Waals surface area contributed by atoms with Gasteiger partial charge in [-0.25, -0.2) is 0 Å². The highest BCUT2D eigenvalue weighted by Crippen LogP contribution is 2.37. The largest absolute Gasteiger partial charge is 0.192 e. The van der Waals surface area contributed by atoms with Gasteiger partial charge in [0.25, 0.3) is 0 Å². The Morgan fingerprint density at radius 1 is 1.16 bits per heavy atom. The van der Waals surface area contributed by atoms with Gasteiger partial charge in [0.2, 0.25) is 0 Å². The van der Waals surface area contributed by atoms with Crippen molar-refractivity contribution in [2.24, 2.45) is 5.92 Å². The molecule has 0 aliphatic heterocycles. The zero-order valence-electron chi connectivity index (χ0n) is 11.4. The fraction of sp³-hybridized carbons (Fsp3) is 0.389. The summed E-state index contributed by atoms with van der Waals surface area (Å²) in [5.74, 6) is 1.53. The van der Waals surface area contributed by atoms with Crippen molar-refractivity contribution in [2.75, 3.05) is 0 Å². The lowest BCUT2D eigenvalue weighted by molar-refractivity contribution is 0.328. The summed E-state index contributed by atoms with van der Waals surface area (Å²) in [5, 5.41) is 8.81. The van der Waals surface area contributed by atoms with Gasteiger partial charge in [0.15, 0.2) is 0 Å². The fourth-order valence-corrected chi connectivity index (χ4v) is 2.93. The first kappa shape index (κ1) is 13.6. The molecule has 1 fully saturated rings. The molecule has 0 heterocycles. The fourth-order valence-electron chi connectivity index (χ4n) is 2.93. The van der Waals surface area contributed by atoms with Crippen molar-refractivity contribution in [2.45, 2.75) is 38.0 Å². The molecule has 0 amide bonds. The van der Waals surface area contributed by atoms with Crippen LogP contribution in [0.1, 0.15) is 49.1 Å². The molecule has 1 aromatic rings. The van der Waals surface area contributed by atoms with Crippen molar-refractivity contribution in [3.05, 3.63) is 60.2 Å². The first-order valence-electron chi connectivity index (χ1n) is 7.11. The Labute approximate surface area is 116 Å². The number of nitriles is 1. The number of allylic oxidation sites excluding steroid dienone is 3. The summed E-state index contributed by atoms with van der Waals surface area (Å²) >= 11 is 0. The SMILES string of the molecule is C=CC=CCC1CCC(c2ccc(C#N)cc2)CC1. The van der Waals surface area contributed by atoms with Gasteiger partial charge in [0.05, 0.1) is 11.6 Å². The molecule has 1 aromatic carbocycles. The third-order valence-electron chi connectivity index (χ3n) is 4.10. The maximum atomic E-state index is 8.81. The maximum Gasteiger partial charge on any atom is 0.0991 e. The van der Waals surface area contributed by atoms with Crippen LogP contribution in [0.25, 0.3) is 0 Å². The van der Waals surface area contributed by atoms with Gasteiger partial charge >= 0.3 is 0 Å². The number of rotatable bonds is 4. The van der Waals surface area contributed by atoms with Crippen molar-refractivity contribution < 1.29 is 0 Å². The van der Waals surface area contributed by atoms with Gasteiger partial charge in [0, 0.05) is 0 Å². The van der Waals surface area contributed by atoms with E-state index in [-0.39, 0.29) is 0 Å². The minimum absolute atomic E-state index is 0.687. The molecule has 0 radical (unpaired) electrons. The lowest BCUT2D eigenvalue weighted by Crippen LogP contribution is -2.12. The maximum absolute atomic E-state index is 8.81. The number of nitrogens with zero attached hydrogens (tertiary/aromatic N) is 1. The number of hydrogen-bond donors (Lipinski definition) is 0. The Morgan fingerprint density at radius 3 is 2.42 bits per heavy atom. The van der Waals surface area contributed by atoms with E-state index in [2.05, 4.69) is 30.9 Å². The summed E-state index contributed by atoms with van der Waals surface area (Å²) < 4.78 is 0. The first-order valence-corrected chi connectivity index (χ1v) is 7.11. The quantitative estimate of drug-likeness (QED) is 0.693. The van der Waals surface area contributed by atoms with Crippen LogP contribution in [-0.4, -0.2) is 0 Å². The minimum Gasteiger partial charge on any atom is -0.192 e. The molecule has 1 saturated carbocycles. The molecule has 98 valence electrons. The standard InChI is InChI=1S/C18H21N/c1-2-3-4-5-15-6-10-17(11-7-15)18-12-8-16(14-19)9-13-18/h2-4,8-9,12-13,15,17H,1,5-7,10-11H2. The number of hydrogen-bond acceptors (Lipinski definition) is 1. The molecule has 1 aliphatic rings. The van der Waals surface area contributed by atoms with Crippen LogP contribution in [0.15, 0.2) is 49.1 Å². The Hall–Kier alpha value is -1.81. The molecule has 1 heteroatoms. The molecule has 19 heavy (non-hydrogen) atoms.